The molecule has 1 atom stereocenters. The molecule has 0 spiro atoms. The van der Waals surface area contributed by atoms with Crippen LogP contribution in [0.1, 0.15) is 6.92 Å². The summed E-state index contributed by atoms with van der Waals surface area (Å²) >= 11 is 6.66. The van der Waals surface area contributed by atoms with Crippen LogP contribution in [0.3, 0.4) is 0 Å². The maximum Gasteiger partial charge on any atom is 0.381 e. The van der Waals surface area contributed by atoms with Gasteiger partial charge in [-0.05, 0) is 35.0 Å². The third-order valence-corrected chi connectivity index (χ3v) is 3.69. The molecule has 0 aliphatic heterocycles. The lowest BCUT2D eigenvalue weighted by Gasteiger charge is -2.14. The number of carbonyl (C=O) groups is 1. The van der Waals surface area contributed by atoms with Gasteiger partial charge in [0.25, 0.3) is 0 Å². The molecule has 0 saturated carbocycles. The van der Waals surface area contributed by atoms with Crippen molar-refractivity contribution in [2.45, 2.75) is 13.3 Å². The Morgan fingerprint density at radius 3 is 2.90 bits per heavy atom. The highest BCUT2D eigenvalue weighted by Crippen LogP contribution is 2.37. The summed E-state index contributed by atoms with van der Waals surface area (Å²) in [6.07, 6.45) is -0.635. The number of carbonyl (C=O) groups excluding carboxylic acids is 1. The van der Waals surface area contributed by atoms with E-state index < -0.39 is 12.3 Å². The number of nitrogens with zero attached hydrogens (tertiary/aromatic N) is 1. The van der Waals surface area contributed by atoms with Gasteiger partial charge in [-0.1, -0.05) is 22.0 Å². The average molecular weight is 407 g/mol. The smallest absolute Gasteiger partial charge is 0.381 e. The highest BCUT2D eigenvalue weighted by atomic mass is 79.9. The van der Waals surface area contributed by atoms with E-state index in [0.29, 0.717) is 9.99 Å². The number of ether oxygens (including phenoxy) is 2. The van der Waals surface area contributed by atoms with Gasteiger partial charge in [-0.2, -0.15) is 4.39 Å². The van der Waals surface area contributed by atoms with Gasteiger partial charge in [0.2, 0.25) is 0 Å². The summed E-state index contributed by atoms with van der Waals surface area (Å²) in [5.74, 6) is -0.907. The van der Waals surface area contributed by atoms with Crippen LogP contribution in [0.15, 0.2) is 33.3 Å². The normalized spacial score (nSPS) is 12.2. The average Bonchev–Trinajstić information content (AvgIpc) is 2.43. The van der Waals surface area contributed by atoms with Crippen LogP contribution in [-0.2, 0) is 9.53 Å². The second-order valence-electron chi connectivity index (χ2n) is 3.75. The molecule has 0 aliphatic rings. The zero-order valence-corrected chi connectivity index (χ0v) is 13.6. The highest BCUT2D eigenvalue weighted by molar-refractivity contribution is 9.11. The van der Waals surface area contributed by atoms with E-state index in [9.17, 15) is 9.18 Å². The molecule has 0 aliphatic carbocycles. The molecule has 2 rings (SSSR count). The molecule has 1 aromatic heterocycles. The van der Waals surface area contributed by atoms with Crippen LogP contribution in [0.2, 0.25) is 0 Å². The van der Waals surface area contributed by atoms with E-state index in [-0.39, 0.29) is 12.4 Å². The lowest BCUT2D eigenvalue weighted by molar-refractivity contribution is -0.159. The van der Waals surface area contributed by atoms with Gasteiger partial charge >= 0.3 is 12.3 Å². The molecule has 2 aromatic rings. The van der Waals surface area contributed by atoms with E-state index in [1.54, 1.807) is 25.3 Å². The van der Waals surface area contributed by atoms with E-state index in [0.717, 1.165) is 9.86 Å². The second-order valence-corrected chi connectivity index (χ2v) is 5.46. The minimum atomic E-state index is -2.20. The maximum atomic E-state index is 13.7. The fourth-order valence-corrected chi connectivity index (χ4v) is 2.98. The van der Waals surface area contributed by atoms with Gasteiger partial charge in [0, 0.05) is 16.1 Å². The van der Waals surface area contributed by atoms with Crippen molar-refractivity contribution >= 4 is 48.7 Å². The number of halogens is 3. The monoisotopic (exact) mass is 405 g/mol. The van der Waals surface area contributed by atoms with Crippen molar-refractivity contribution in [2.24, 2.45) is 0 Å². The van der Waals surface area contributed by atoms with Crippen LogP contribution < -0.4 is 4.74 Å². The van der Waals surface area contributed by atoms with E-state index in [2.05, 4.69) is 41.6 Å². The van der Waals surface area contributed by atoms with Crippen LogP contribution in [0, 0.1) is 0 Å². The summed E-state index contributed by atoms with van der Waals surface area (Å²) in [6, 6.07) is 5.27. The third-order valence-electron chi connectivity index (χ3n) is 2.44. The number of rotatable bonds is 4. The standard InChI is InChI=1S/C13H10Br2FNO3/c1-2-19-13(18)12(16)20-11-9(15)6-8(14)7-4-3-5-17-10(7)11/h3-6,12H,2H2,1H3. The van der Waals surface area contributed by atoms with Crippen LogP contribution in [-0.4, -0.2) is 23.9 Å². The van der Waals surface area contributed by atoms with Crippen LogP contribution in [0.5, 0.6) is 5.75 Å². The van der Waals surface area contributed by atoms with E-state index >= 15 is 0 Å². The van der Waals surface area contributed by atoms with Gasteiger partial charge in [-0.3, -0.25) is 4.98 Å². The molecule has 106 valence electrons. The van der Waals surface area contributed by atoms with Gasteiger partial charge in [-0.15, -0.1) is 0 Å². The van der Waals surface area contributed by atoms with Gasteiger partial charge in [0.15, 0.2) is 5.75 Å². The summed E-state index contributed by atoms with van der Waals surface area (Å²) in [6.45, 7) is 1.68. The van der Waals surface area contributed by atoms with Crippen molar-refractivity contribution in [3.05, 3.63) is 33.3 Å². The Bertz CT molecular complexity index is 651. The molecular formula is C13H10Br2FNO3. The van der Waals surface area contributed by atoms with Crippen molar-refractivity contribution in [1.29, 1.82) is 0 Å². The number of hydrogen-bond acceptors (Lipinski definition) is 4. The van der Waals surface area contributed by atoms with E-state index in [1.807, 2.05) is 6.07 Å². The number of hydrogen-bond donors (Lipinski definition) is 0. The van der Waals surface area contributed by atoms with Crippen LogP contribution >= 0.6 is 31.9 Å². The second kappa shape index (κ2) is 6.49. The fourth-order valence-electron chi connectivity index (χ4n) is 1.62. The van der Waals surface area contributed by atoms with Crippen molar-refractivity contribution in [2.75, 3.05) is 6.61 Å². The first-order chi connectivity index (χ1) is 9.54. The van der Waals surface area contributed by atoms with Gasteiger partial charge in [0.1, 0.15) is 5.52 Å². The predicted octanol–water partition coefficient (Wildman–Crippen LogP) is 4.00. The predicted molar refractivity (Wildman–Crippen MR) is 79.3 cm³/mol. The Morgan fingerprint density at radius 1 is 1.45 bits per heavy atom. The molecule has 7 heteroatoms. The zero-order chi connectivity index (χ0) is 14.7. The van der Waals surface area contributed by atoms with Crippen molar-refractivity contribution in [3.8, 4) is 5.75 Å². The number of benzene rings is 1. The Balaban J connectivity index is 2.41. The van der Waals surface area contributed by atoms with Crippen molar-refractivity contribution in [1.82, 2.24) is 4.98 Å². The number of aromatic nitrogens is 1. The molecule has 1 heterocycles. The number of pyridine rings is 1. The van der Waals surface area contributed by atoms with E-state index in [1.165, 1.54) is 0 Å². The number of fused-ring (bicyclic) bond motifs is 1. The molecule has 4 nitrogen and oxygen atoms in total. The van der Waals surface area contributed by atoms with Gasteiger partial charge in [-0.25, -0.2) is 4.79 Å². The molecule has 0 fully saturated rings. The number of alkyl halides is 1. The molecule has 0 radical (unpaired) electrons. The Morgan fingerprint density at radius 2 is 2.20 bits per heavy atom. The van der Waals surface area contributed by atoms with Gasteiger partial charge < -0.3 is 9.47 Å². The summed E-state index contributed by atoms with van der Waals surface area (Å²) in [5.41, 5.74) is 0.445. The quantitative estimate of drug-likeness (QED) is 0.720. The van der Waals surface area contributed by atoms with Gasteiger partial charge in [0.05, 0.1) is 11.1 Å². The van der Waals surface area contributed by atoms with Crippen molar-refractivity contribution < 1.29 is 18.7 Å². The molecule has 20 heavy (non-hydrogen) atoms. The van der Waals surface area contributed by atoms with Crippen LogP contribution in [0.4, 0.5) is 4.39 Å². The summed E-state index contributed by atoms with van der Waals surface area (Å²) < 4.78 is 24.6. The maximum absolute atomic E-state index is 13.7. The minimum Gasteiger partial charge on any atom is -0.461 e. The molecular weight excluding hydrogens is 397 g/mol. The molecule has 0 N–H and O–H groups in total. The molecule has 0 saturated heterocycles. The Kier molecular flexibility index (Phi) is 4.93. The van der Waals surface area contributed by atoms with Crippen molar-refractivity contribution in [3.63, 3.8) is 0 Å². The molecule has 1 aromatic carbocycles. The minimum absolute atomic E-state index is 0.0864. The topological polar surface area (TPSA) is 48.4 Å². The lowest BCUT2D eigenvalue weighted by atomic mass is 10.2. The third kappa shape index (κ3) is 3.09. The fraction of sp³-hybridized carbons (Fsp3) is 0.231. The lowest BCUT2D eigenvalue weighted by Crippen LogP contribution is -2.25. The zero-order valence-electron chi connectivity index (χ0n) is 10.4. The molecule has 0 amide bonds. The Labute approximate surface area is 131 Å². The summed E-state index contributed by atoms with van der Waals surface area (Å²) in [5, 5.41) is 0.752. The molecule has 1 unspecified atom stereocenters. The summed E-state index contributed by atoms with van der Waals surface area (Å²) in [4.78, 5) is 15.5. The van der Waals surface area contributed by atoms with Crippen LogP contribution in [0.25, 0.3) is 10.9 Å². The summed E-state index contributed by atoms with van der Waals surface area (Å²) in [7, 11) is 0. The SMILES string of the molecule is CCOC(=O)C(F)Oc1c(Br)cc(Br)c2cccnc12. The first-order valence-electron chi connectivity index (χ1n) is 5.74. The number of esters is 1. The first-order valence-corrected chi connectivity index (χ1v) is 7.33. The van der Waals surface area contributed by atoms with E-state index in [4.69, 9.17) is 4.74 Å². The molecule has 0 bridgehead atoms. The first kappa shape index (κ1) is 15.2. The largest absolute Gasteiger partial charge is 0.461 e. The Hall–Kier alpha value is -1.21. The highest BCUT2D eigenvalue weighted by Gasteiger charge is 2.23.